The van der Waals surface area contributed by atoms with Crippen LogP contribution in [-0.2, 0) is 6.61 Å². The lowest BCUT2D eigenvalue weighted by molar-refractivity contribution is -0.386. The van der Waals surface area contributed by atoms with Crippen LogP contribution in [0.3, 0.4) is 0 Å². The van der Waals surface area contributed by atoms with Gasteiger partial charge < -0.3 is 9.26 Å². The summed E-state index contributed by atoms with van der Waals surface area (Å²) in [5.41, 5.74) is 1.28. The Morgan fingerprint density at radius 1 is 1.25 bits per heavy atom. The average Bonchev–Trinajstić information content (AvgIpc) is 3.02. The van der Waals surface area contributed by atoms with Crippen molar-refractivity contribution in [2.75, 3.05) is 0 Å². The molecular weight excluding hydrogens is 317 g/mol. The minimum absolute atomic E-state index is 0.113. The molecule has 8 heteroatoms. The second kappa shape index (κ2) is 6.45. The summed E-state index contributed by atoms with van der Waals surface area (Å²) in [6.45, 7) is 1.69. The zero-order chi connectivity index (χ0) is 17.1. The lowest BCUT2D eigenvalue weighted by atomic mass is 10.2. The van der Waals surface area contributed by atoms with E-state index < -0.39 is 4.92 Å². The molecule has 0 saturated carbocycles. The fraction of sp³-hybridized carbons (Fsp3) is 0.125. The zero-order valence-corrected chi connectivity index (χ0v) is 12.6. The van der Waals surface area contributed by atoms with E-state index >= 15 is 0 Å². The molecule has 0 aliphatic heterocycles. The molecule has 0 atom stereocenters. The van der Waals surface area contributed by atoms with Gasteiger partial charge in [-0.05, 0) is 42.8 Å². The molecule has 2 aromatic carbocycles. The molecule has 0 N–H and O–H groups in total. The summed E-state index contributed by atoms with van der Waals surface area (Å²) < 4.78 is 23.4. The van der Waals surface area contributed by atoms with Crippen molar-refractivity contribution >= 4 is 5.69 Å². The summed E-state index contributed by atoms with van der Waals surface area (Å²) in [7, 11) is 0. The lowest BCUT2D eigenvalue weighted by Gasteiger charge is -2.04. The smallest absolute Gasteiger partial charge is 0.310 e. The molecule has 3 rings (SSSR count). The molecule has 0 amide bonds. The van der Waals surface area contributed by atoms with Crippen molar-refractivity contribution in [3.8, 4) is 17.1 Å². The zero-order valence-electron chi connectivity index (χ0n) is 12.6. The van der Waals surface area contributed by atoms with Crippen molar-refractivity contribution in [1.82, 2.24) is 10.1 Å². The first-order valence-electron chi connectivity index (χ1n) is 6.99. The van der Waals surface area contributed by atoms with E-state index in [1.807, 2.05) is 0 Å². The number of nitro benzene ring substituents is 1. The van der Waals surface area contributed by atoms with Gasteiger partial charge in [-0.3, -0.25) is 10.1 Å². The number of nitro groups is 1. The van der Waals surface area contributed by atoms with E-state index in [4.69, 9.17) is 9.26 Å². The molecule has 0 radical (unpaired) electrons. The molecule has 0 spiro atoms. The number of benzene rings is 2. The molecule has 3 aromatic rings. The van der Waals surface area contributed by atoms with Crippen molar-refractivity contribution in [2.45, 2.75) is 13.5 Å². The maximum Gasteiger partial charge on any atom is 0.310 e. The molecule has 24 heavy (non-hydrogen) atoms. The Bertz CT molecular complexity index is 877. The van der Waals surface area contributed by atoms with Crippen LogP contribution in [-0.4, -0.2) is 15.1 Å². The van der Waals surface area contributed by atoms with Crippen LogP contribution in [0.4, 0.5) is 10.1 Å². The number of nitrogens with zero attached hydrogens (tertiary/aromatic N) is 3. The average molecular weight is 329 g/mol. The molecular formula is C16H12FN3O4. The van der Waals surface area contributed by atoms with Gasteiger partial charge in [0, 0.05) is 11.6 Å². The third kappa shape index (κ3) is 3.37. The van der Waals surface area contributed by atoms with Crippen molar-refractivity contribution < 1.29 is 18.6 Å². The van der Waals surface area contributed by atoms with Gasteiger partial charge in [0.1, 0.15) is 5.82 Å². The fourth-order valence-corrected chi connectivity index (χ4v) is 2.06. The first kappa shape index (κ1) is 15.6. The van der Waals surface area contributed by atoms with Crippen LogP contribution in [0.2, 0.25) is 0 Å². The van der Waals surface area contributed by atoms with Crippen LogP contribution >= 0.6 is 0 Å². The van der Waals surface area contributed by atoms with Crippen LogP contribution in [0.15, 0.2) is 47.0 Å². The van der Waals surface area contributed by atoms with Crippen LogP contribution < -0.4 is 4.74 Å². The first-order chi connectivity index (χ1) is 11.5. The fourth-order valence-electron chi connectivity index (χ4n) is 2.06. The van der Waals surface area contributed by atoms with Crippen molar-refractivity contribution in [2.24, 2.45) is 0 Å². The molecule has 0 fully saturated rings. The maximum atomic E-state index is 12.9. The SMILES string of the molecule is Cc1ccc([N+](=O)[O-])c(OCc2nc(-c3ccc(F)cc3)no2)c1. The molecule has 1 aromatic heterocycles. The summed E-state index contributed by atoms with van der Waals surface area (Å²) in [6, 6.07) is 10.2. The highest BCUT2D eigenvalue weighted by Gasteiger charge is 2.16. The van der Waals surface area contributed by atoms with E-state index in [0.717, 1.165) is 5.56 Å². The standard InChI is InChI=1S/C16H12FN3O4/c1-10-2-7-13(20(21)22)14(8-10)23-9-15-18-16(19-24-15)11-3-5-12(17)6-4-11/h2-8H,9H2,1H3. The normalized spacial score (nSPS) is 10.6. The Kier molecular flexibility index (Phi) is 4.19. The van der Waals surface area contributed by atoms with E-state index in [-0.39, 0.29) is 35.6 Å². The minimum atomic E-state index is -0.521. The van der Waals surface area contributed by atoms with E-state index in [1.165, 1.54) is 30.3 Å². The first-order valence-corrected chi connectivity index (χ1v) is 6.99. The molecule has 122 valence electrons. The molecule has 7 nitrogen and oxygen atoms in total. The van der Waals surface area contributed by atoms with Crippen LogP contribution in [0, 0.1) is 22.9 Å². The van der Waals surface area contributed by atoms with E-state index in [1.54, 1.807) is 19.1 Å². The van der Waals surface area contributed by atoms with Gasteiger partial charge in [0.05, 0.1) is 4.92 Å². The Labute approximate surface area is 135 Å². The number of aromatic nitrogens is 2. The summed E-state index contributed by atoms with van der Waals surface area (Å²) >= 11 is 0. The second-order valence-electron chi connectivity index (χ2n) is 5.04. The maximum absolute atomic E-state index is 12.9. The predicted molar refractivity (Wildman–Crippen MR) is 81.9 cm³/mol. The van der Waals surface area contributed by atoms with Crippen LogP contribution in [0.1, 0.15) is 11.5 Å². The Morgan fingerprint density at radius 3 is 2.71 bits per heavy atom. The largest absolute Gasteiger partial charge is 0.477 e. The molecule has 0 aliphatic carbocycles. The van der Waals surface area contributed by atoms with E-state index in [2.05, 4.69) is 10.1 Å². The molecule has 1 heterocycles. The van der Waals surface area contributed by atoms with Gasteiger partial charge in [-0.1, -0.05) is 11.2 Å². The number of aryl methyl sites for hydroxylation is 1. The third-order valence-electron chi connectivity index (χ3n) is 3.23. The summed E-state index contributed by atoms with van der Waals surface area (Å²) in [6.07, 6.45) is 0. The van der Waals surface area contributed by atoms with Gasteiger partial charge in [-0.15, -0.1) is 0 Å². The Morgan fingerprint density at radius 2 is 2.00 bits per heavy atom. The number of halogens is 1. The highest BCUT2D eigenvalue weighted by atomic mass is 19.1. The minimum Gasteiger partial charge on any atom is -0.477 e. The molecule has 0 saturated heterocycles. The van der Waals surface area contributed by atoms with Gasteiger partial charge in [-0.2, -0.15) is 4.98 Å². The van der Waals surface area contributed by atoms with Gasteiger partial charge in [-0.25, -0.2) is 4.39 Å². The number of ether oxygens (including phenoxy) is 1. The summed E-state index contributed by atoms with van der Waals surface area (Å²) in [5, 5.41) is 14.8. The van der Waals surface area contributed by atoms with Crippen molar-refractivity contribution in [3.05, 3.63) is 69.9 Å². The summed E-state index contributed by atoms with van der Waals surface area (Å²) in [5.74, 6) is 0.205. The quantitative estimate of drug-likeness (QED) is 0.524. The topological polar surface area (TPSA) is 91.3 Å². The highest BCUT2D eigenvalue weighted by Crippen LogP contribution is 2.28. The number of hydrogen-bond donors (Lipinski definition) is 0. The molecule has 0 aliphatic rings. The third-order valence-corrected chi connectivity index (χ3v) is 3.23. The molecule has 0 unspecified atom stereocenters. The summed E-state index contributed by atoms with van der Waals surface area (Å²) in [4.78, 5) is 14.6. The number of hydrogen-bond acceptors (Lipinski definition) is 6. The van der Waals surface area contributed by atoms with Gasteiger partial charge in [0.2, 0.25) is 5.82 Å². The monoisotopic (exact) mass is 329 g/mol. The van der Waals surface area contributed by atoms with Gasteiger partial charge >= 0.3 is 5.69 Å². The highest BCUT2D eigenvalue weighted by molar-refractivity contribution is 5.53. The Hall–Kier alpha value is -3.29. The van der Waals surface area contributed by atoms with E-state index in [0.29, 0.717) is 5.56 Å². The van der Waals surface area contributed by atoms with Crippen LogP contribution in [0.5, 0.6) is 5.75 Å². The Balaban J connectivity index is 1.75. The van der Waals surface area contributed by atoms with Gasteiger partial charge in [0.25, 0.3) is 5.89 Å². The predicted octanol–water partition coefficient (Wildman–Crippen LogP) is 3.67. The van der Waals surface area contributed by atoms with Crippen LogP contribution in [0.25, 0.3) is 11.4 Å². The van der Waals surface area contributed by atoms with Gasteiger partial charge in [0.15, 0.2) is 12.4 Å². The second-order valence-corrected chi connectivity index (χ2v) is 5.04. The van der Waals surface area contributed by atoms with Crippen molar-refractivity contribution in [3.63, 3.8) is 0 Å². The van der Waals surface area contributed by atoms with E-state index in [9.17, 15) is 14.5 Å². The molecule has 0 bridgehead atoms. The van der Waals surface area contributed by atoms with Crippen molar-refractivity contribution in [1.29, 1.82) is 0 Å². The lowest BCUT2D eigenvalue weighted by Crippen LogP contribution is -2.00. The number of rotatable bonds is 5.